The van der Waals surface area contributed by atoms with Crippen LogP contribution in [0.1, 0.15) is 31.7 Å². The number of aryl methyl sites for hydroxylation is 1. The topological polar surface area (TPSA) is 77.2 Å². The van der Waals surface area contributed by atoms with Gasteiger partial charge in [-0.15, -0.1) is 24.8 Å². The molecule has 3 N–H and O–H groups in total. The summed E-state index contributed by atoms with van der Waals surface area (Å²) in [5.74, 6) is 1.30. The Balaban J connectivity index is 0.00000169. The Morgan fingerprint density at radius 2 is 2.08 bits per heavy atom. The van der Waals surface area contributed by atoms with E-state index >= 15 is 0 Å². The molecule has 2 atom stereocenters. The highest BCUT2D eigenvalue weighted by molar-refractivity contribution is 5.92. The van der Waals surface area contributed by atoms with Crippen LogP contribution >= 0.6 is 24.8 Å². The Bertz CT molecular complexity index is 710. The van der Waals surface area contributed by atoms with Crippen LogP contribution < -0.4 is 15.8 Å². The molecule has 0 aliphatic heterocycles. The van der Waals surface area contributed by atoms with Crippen molar-refractivity contribution in [3.05, 3.63) is 48.2 Å². The first kappa shape index (κ1) is 22.2. The van der Waals surface area contributed by atoms with E-state index in [0.29, 0.717) is 11.6 Å². The van der Waals surface area contributed by atoms with Crippen LogP contribution in [0, 0.1) is 5.92 Å². The van der Waals surface area contributed by atoms with Crippen LogP contribution in [0.2, 0.25) is 0 Å². The maximum absolute atomic E-state index is 12.2. The molecule has 1 aliphatic carbocycles. The molecule has 2 aromatic rings. The first-order valence-corrected chi connectivity index (χ1v) is 8.43. The van der Waals surface area contributed by atoms with Gasteiger partial charge in [-0.25, -0.2) is 4.98 Å². The van der Waals surface area contributed by atoms with E-state index in [1.54, 1.807) is 18.3 Å². The molecule has 142 valence electrons. The van der Waals surface area contributed by atoms with Gasteiger partial charge in [-0.05, 0) is 49.4 Å². The van der Waals surface area contributed by atoms with Gasteiger partial charge in [-0.3, -0.25) is 4.79 Å². The van der Waals surface area contributed by atoms with Gasteiger partial charge in [0.1, 0.15) is 5.75 Å². The Labute approximate surface area is 166 Å². The monoisotopic (exact) mass is 397 g/mol. The van der Waals surface area contributed by atoms with E-state index in [-0.39, 0.29) is 42.7 Å². The fourth-order valence-electron chi connectivity index (χ4n) is 2.96. The fourth-order valence-corrected chi connectivity index (χ4v) is 2.96. The highest BCUT2D eigenvalue weighted by Crippen LogP contribution is 2.26. The van der Waals surface area contributed by atoms with Crippen LogP contribution in [-0.4, -0.2) is 16.9 Å². The number of aromatic nitrogens is 1. The van der Waals surface area contributed by atoms with Crippen molar-refractivity contribution >= 4 is 36.4 Å². The summed E-state index contributed by atoms with van der Waals surface area (Å²) in [6, 6.07) is 11.6. The average Bonchev–Trinajstić information content (AvgIpc) is 3.03. The summed E-state index contributed by atoms with van der Waals surface area (Å²) in [7, 11) is 0. The molecule has 7 heteroatoms. The van der Waals surface area contributed by atoms with Crippen LogP contribution in [-0.2, 0) is 11.2 Å². The first-order valence-electron chi connectivity index (χ1n) is 8.43. The average molecular weight is 398 g/mol. The smallest absolute Gasteiger partial charge is 0.227 e. The number of amides is 1. The van der Waals surface area contributed by atoms with Crippen molar-refractivity contribution in [3.63, 3.8) is 0 Å². The van der Waals surface area contributed by atoms with Crippen molar-refractivity contribution in [1.82, 2.24) is 4.98 Å². The first-order chi connectivity index (χ1) is 11.6. The molecule has 1 aromatic heterocycles. The van der Waals surface area contributed by atoms with E-state index in [1.807, 2.05) is 18.2 Å². The number of nitrogens with one attached hydrogen (secondary N) is 1. The highest BCUT2D eigenvalue weighted by atomic mass is 35.5. The second-order valence-electron chi connectivity index (χ2n) is 6.25. The number of carbonyl (C=O) groups excluding carboxylic acids is 1. The lowest BCUT2D eigenvalue weighted by atomic mass is 10.1. The Morgan fingerprint density at radius 3 is 2.69 bits per heavy atom. The van der Waals surface area contributed by atoms with Gasteiger partial charge in [0.2, 0.25) is 11.8 Å². The zero-order valence-electron chi connectivity index (χ0n) is 14.7. The van der Waals surface area contributed by atoms with Gasteiger partial charge in [0.05, 0.1) is 11.9 Å². The number of rotatable bonds is 5. The summed E-state index contributed by atoms with van der Waals surface area (Å²) in [5, 5.41) is 2.90. The Kier molecular flexibility index (Phi) is 8.85. The summed E-state index contributed by atoms with van der Waals surface area (Å²) < 4.78 is 5.75. The molecular weight excluding hydrogens is 373 g/mol. The number of nitrogens with zero attached hydrogens (tertiary/aromatic N) is 1. The molecule has 1 aliphatic rings. The third kappa shape index (κ3) is 5.87. The molecule has 1 saturated carbocycles. The third-order valence-electron chi connectivity index (χ3n) is 4.38. The van der Waals surface area contributed by atoms with Crippen molar-refractivity contribution in [1.29, 1.82) is 0 Å². The normalized spacial score (nSPS) is 18.4. The van der Waals surface area contributed by atoms with E-state index in [2.05, 4.69) is 23.3 Å². The molecule has 1 heterocycles. The van der Waals surface area contributed by atoms with E-state index in [1.165, 1.54) is 5.56 Å². The number of hydrogen-bond donors (Lipinski definition) is 2. The van der Waals surface area contributed by atoms with Gasteiger partial charge in [0.15, 0.2) is 0 Å². The lowest BCUT2D eigenvalue weighted by Gasteiger charge is -2.11. The highest BCUT2D eigenvalue weighted by Gasteiger charge is 2.27. The number of hydrogen-bond acceptors (Lipinski definition) is 4. The summed E-state index contributed by atoms with van der Waals surface area (Å²) in [5.41, 5.74) is 7.75. The molecule has 3 rings (SSSR count). The molecular formula is C19H25Cl2N3O2. The summed E-state index contributed by atoms with van der Waals surface area (Å²) in [4.78, 5) is 16.4. The SMILES string of the molecule is CCc1cccc(Oc2ccc(NC(=O)C3CCC(N)C3)cn2)c1.Cl.Cl. The van der Waals surface area contributed by atoms with E-state index < -0.39 is 0 Å². The van der Waals surface area contributed by atoms with Crippen LogP contribution in [0.5, 0.6) is 11.6 Å². The minimum atomic E-state index is 0. The van der Waals surface area contributed by atoms with Crippen LogP contribution in [0.4, 0.5) is 5.69 Å². The zero-order valence-corrected chi connectivity index (χ0v) is 16.3. The van der Waals surface area contributed by atoms with Crippen molar-refractivity contribution in [2.45, 2.75) is 38.6 Å². The molecule has 1 amide bonds. The van der Waals surface area contributed by atoms with Gasteiger partial charge in [0.25, 0.3) is 0 Å². The number of benzene rings is 1. The summed E-state index contributed by atoms with van der Waals surface area (Å²) in [6.45, 7) is 2.10. The van der Waals surface area contributed by atoms with E-state index in [0.717, 1.165) is 31.4 Å². The molecule has 2 unspecified atom stereocenters. The standard InChI is InChI=1S/C19H23N3O2.2ClH/c1-2-13-4-3-5-17(10-13)24-18-9-8-16(12-21-18)22-19(23)14-6-7-15(20)11-14;;/h3-5,8-10,12,14-15H,2,6-7,11,20H2,1H3,(H,22,23);2*1H. The van der Waals surface area contributed by atoms with Gasteiger partial charge >= 0.3 is 0 Å². The van der Waals surface area contributed by atoms with E-state index in [4.69, 9.17) is 10.5 Å². The maximum Gasteiger partial charge on any atom is 0.227 e. The van der Waals surface area contributed by atoms with Crippen molar-refractivity contribution in [2.75, 3.05) is 5.32 Å². The zero-order chi connectivity index (χ0) is 16.9. The predicted molar refractivity (Wildman–Crippen MR) is 109 cm³/mol. The quantitative estimate of drug-likeness (QED) is 0.785. The van der Waals surface area contributed by atoms with Crippen molar-refractivity contribution in [2.24, 2.45) is 11.7 Å². The van der Waals surface area contributed by atoms with Crippen LogP contribution in [0.15, 0.2) is 42.6 Å². The third-order valence-corrected chi connectivity index (χ3v) is 4.38. The molecule has 5 nitrogen and oxygen atoms in total. The number of pyridine rings is 1. The molecule has 1 fully saturated rings. The van der Waals surface area contributed by atoms with Gasteiger partial charge in [-0.1, -0.05) is 19.1 Å². The maximum atomic E-state index is 12.2. The van der Waals surface area contributed by atoms with Crippen molar-refractivity contribution in [3.8, 4) is 11.6 Å². The lowest BCUT2D eigenvalue weighted by Crippen LogP contribution is -2.23. The fraction of sp³-hybridized carbons (Fsp3) is 0.368. The molecule has 0 radical (unpaired) electrons. The van der Waals surface area contributed by atoms with Crippen LogP contribution in [0.3, 0.4) is 0 Å². The largest absolute Gasteiger partial charge is 0.439 e. The summed E-state index contributed by atoms with van der Waals surface area (Å²) >= 11 is 0. The van der Waals surface area contributed by atoms with E-state index in [9.17, 15) is 4.79 Å². The van der Waals surface area contributed by atoms with Crippen molar-refractivity contribution < 1.29 is 9.53 Å². The predicted octanol–water partition coefficient (Wildman–Crippen LogP) is 4.35. The number of nitrogens with two attached hydrogens (primary N) is 1. The van der Waals surface area contributed by atoms with Gasteiger partial charge in [0, 0.05) is 18.0 Å². The van der Waals surface area contributed by atoms with Gasteiger partial charge in [-0.2, -0.15) is 0 Å². The number of ether oxygens (including phenoxy) is 1. The minimum Gasteiger partial charge on any atom is -0.439 e. The Hall–Kier alpha value is -1.82. The second-order valence-corrected chi connectivity index (χ2v) is 6.25. The second kappa shape index (κ2) is 10.4. The molecule has 1 aromatic carbocycles. The molecule has 0 spiro atoms. The lowest BCUT2D eigenvalue weighted by molar-refractivity contribution is -0.119. The van der Waals surface area contributed by atoms with Crippen LogP contribution in [0.25, 0.3) is 0 Å². The Morgan fingerprint density at radius 1 is 1.27 bits per heavy atom. The molecule has 26 heavy (non-hydrogen) atoms. The minimum absolute atomic E-state index is 0. The molecule has 0 bridgehead atoms. The number of anilines is 1. The molecule has 0 saturated heterocycles. The number of carbonyl (C=O) groups is 1. The van der Waals surface area contributed by atoms with Gasteiger partial charge < -0.3 is 15.8 Å². The summed E-state index contributed by atoms with van der Waals surface area (Å²) in [6.07, 6.45) is 5.11. The number of halogens is 2.